The van der Waals surface area contributed by atoms with Crippen LogP contribution in [0.2, 0.25) is 0 Å². The molecule has 0 radical (unpaired) electrons. The van der Waals surface area contributed by atoms with Gasteiger partial charge >= 0.3 is 12.1 Å². The highest BCUT2D eigenvalue weighted by Crippen LogP contribution is 2.44. The number of carbonyl (C=O) groups excluding carboxylic acids is 2. The molecule has 1 fully saturated rings. The summed E-state index contributed by atoms with van der Waals surface area (Å²) in [5, 5.41) is 3.04. The Morgan fingerprint density at radius 3 is 2.24 bits per heavy atom. The Hall–Kier alpha value is -2.29. The van der Waals surface area contributed by atoms with Crippen LogP contribution in [0.15, 0.2) is 18.2 Å². The number of benzene rings is 1. The first-order valence-electron chi connectivity index (χ1n) is 7.35. The van der Waals surface area contributed by atoms with Crippen molar-refractivity contribution in [2.75, 3.05) is 27.3 Å². The van der Waals surface area contributed by atoms with Gasteiger partial charge in [-0.25, -0.2) is 4.79 Å². The van der Waals surface area contributed by atoms with Gasteiger partial charge in [-0.1, -0.05) is 12.1 Å². The minimum atomic E-state index is -5.05. The van der Waals surface area contributed by atoms with E-state index in [0.29, 0.717) is 24.4 Å². The highest BCUT2D eigenvalue weighted by atomic mass is 19.4. The molecule has 9 heteroatoms. The lowest BCUT2D eigenvalue weighted by molar-refractivity contribution is -0.217. The first kappa shape index (κ1) is 20.8. The Morgan fingerprint density at radius 2 is 1.76 bits per heavy atom. The molecule has 0 bridgehead atoms. The van der Waals surface area contributed by atoms with Gasteiger partial charge < -0.3 is 24.3 Å². The van der Waals surface area contributed by atoms with Gasteiger partial charge in [0.1, 0.15) is 12.4 Å². The number of piperidine rings is 1. The molecule has 1 aliphatic heterocycles. The molecule has 0 aliphatic carbocycles. The molecule has 140 valence electrons. The zero-order valence-corrected chi connectivity index (χ0v) is 13.9. The van der Waals surface area contributed by atoms with Crippen molar-refractivity contribution in [3.05, 3.63) is 23.8 Å². The van der Waals surface area contributed by atoms with Gasteiger partial charge in [-0.2, -0.15) is 13.2 Å². The standard InChI is InChI=1S/C15H18F3NO4.CH2O/c1-21-11-5-3-4-10(12(11)22-2)14(6-8-19-9-7-14)23-13(20)15(16,17)18;1-2/h3-5,19H,6-9H2,1-2H3;1H2. The second kappa shape index (κ2) is 8.70. The molecular formula is C16H20F3NO5. The Kier molecular flexibility index (Phi) is 7.22. The highest BCUT2D eigenvalue weighted by Gasteiger charge is 2.48. The van der Waals surface area contributed by atoms with Crippen molar-refractivity contribution >= 4 is 12.8 Å². The van der Waals surface area contributed by atoms with Crippen LogP contribution in [0.5, 0.6) is 11.5 Å². The summed E-state index contributed by atoms with van der Waals surface area (Å²) in [5.41, 5.74) is -1.03. The highest BCUT2D eigenvalue weighted by molar-refractivity contribution is 5.76. The van der Waals surface area contributed by atoms with Crippen molar-refractivity contribution < 1.29 is 37.0 Å². The minimum absolute atomic E-state index is 0.207. The van der Waals surface area contributed by atoms with Crippen molar-refractivity contribution in [1.82, 2.24) is 5.32 Å². The van der Waals surface area contributed by atoms with Crippen molar-refractivity contribution in [2.24, 2.45) is 0 Å². The molecule has 1 heterocycles. The number of esters is 1. The minimum Gasteiger partial charge on any atom is -0.493 e. The largest absolute Gasteiger partial charge is 0.493 e. The van der Waals surface area contributed by atoms with E-state index >= 15 is 0 Å². The number of carbonyl (C=O) groups is 2. The van der Waals surface area contributed by atoms with E-state index in [9.17, 15) is 18.0 Å². The third-order valence-corrected chi connectivity index (χ3v) is 3.82. The maximum Gasteiger partial charge on any atom is 0.490 e. The topological polar surface area (TPSA) is 73.9 Å². The van der Waals surface area contributed by atoms with Gasteiger partial charge in [-0.05, 0) is 19.2 Å². The summed E-state index contributed by atoms with van der Waals surface area (Å²) in [6.45, 7) is 2.84. The number of rotatable bonds is 4. The molecule has 0 spiro atoms. The van der Waals surface area contributed by atoms with Crippen molar-refractivity contribution in [3.63, 3.8) is 0 Å². The van der Waals surface area contributed by atoms with Gasteiger partial charge in [0.25, 0.3) is 0 Å². The van der Waals surface area contributed by atoms with Crippen LogP contribution in [0.1, 0.15) is 18.4 Å². The molecule has 6 nitrogen and oxygen atoms in total. The number of hydrogen-bond donors (Lipinski definition) is 1. The molecule has 0 amide bonds. The maximum atomic E-state index is 12.7. The molecule has 1 aliphatic rings. The number of halogens is 3. The number of nitrogens with one attached hydrogen (secondary N) is 1. The fourth-order valence-electron chi connectivity index (χ4n) is 2.74. The Morgan fingerprint density at radius 1 is 1.16 bits per heavy atom. The molecule has 1 aromatic carbocycles. The predicted molar refractivity (Wildman–Crippen MR) is 82.6 cm³/mol. The zero-order chi connectivity index (χ0) is 19.1. The van der Waals surface area contributed by atoms with Crippen molar-refractivity contribution in [3.8, 4) is 11.5 Å². The van der Waals surface area contributed by atoms with Crippen LogP contribution >= 0.6 is 0 Å². The third-order valence-electron chi connectivity index (χ3n) is 3.82. The van der Waals surface area contributed by atoms with Crippen LogP contribution in [-0.2, 0) is 19.9 Å². The lowest BCUT2D eigenvalue weighted by Crippen LogP contribution is -2.45. The average molecular weight is 363 g/mol. The molecule has 0 unspecified atom stereocenters. The van der Waals surface area contributed by atoms with E-state index in [1.807, 2.05) is 6.79 Å². The van der Waals surface area contributed by atoms with Crippen LogP contribution in [0.25, 0.3) is 0 Å². The lowest BCUT2D eigenvalue weighted by Gasteiger charge is -2.38. The molecule has 1 aromatic rings. The van der Waals surface area contributed by atoms with Gasteiger partial charge in [0.05, 0.1) is 14.2 Å². The van der Waals surface area contributed by atoms with Gasteiger partial charge in [-0.3, -0.25) is 0 Å². The Labute approximate surface area is 143 Å². The second-order valence-electron chi connectivity index (χ2n) is 5.17. The SMILES string of the molecule is C=O.COc1cccc(C2(OC(=O)C(F)(F)F)CCNCC2)c1OC. The smallest absolute Gasteiger partial charge is 0.490 e. The van der Waals surface area contributed by atoms with E-state index in [1.54, 1.807) is 18.2 Å². The van der Waals surface area contributed by atoms with Crippen molar-refractivity contribution in [1.29, 1.82) is 0 Å². The van der Waals surface area contributed by atoms with E-state index in [1.165, 1.54) is 14.2 Å². The number of methoxy groups -OCH3 is 2. The van der Waals surface area contributed by atoms with Gasteiger partial charge in [0.2, 0.25) is 0 Å². The predicted octanol–water partition coefficient (Wildman–Crippen LogP) is 2.20. The van der Waals surface area contributed by atoms with Gasteiger partial charge in [-0.15, -0.1) is 0 Å². The number of alkyl halides is 3. The van der Waals surface area contributed by atoms with Crippen LogP contribution in [-0.4, -0.2) is 46.2 Å². The van der Waals surface area contributed by atoms with Crippen LogP contribution in [0.4, 0.5) is 13.2 Å². The molecule has 25 heavy (non-hydrogen) atoms. The van der Waals surface area contributed by atoms with Gasteiger partial charge in [0, 0.05) is 18.4 Å². The summed E-state index contributed by atoms with van der Waals surface area (Å²) >= 11 is 0. The third kappa shape index (κ3) is 4.62. The first-order valence-corrected chi connectivity index (χ1v) is 7.35. The number of hydrogen-bond acceptors (Lipinski definition) is 6. The monoisotopic (exact) mass is 363 g/mol. The van der Waals surface area contributed by atoms with E-state index in [2.05, 4.69) is 5.32 Å². The summed E-state index contributed by atoms with van der Waals surface area (Å²) in [7, 11) is 2.82. The normalized spacial score (nSPS) is 16.2. The summed E-state index contributed by atoms with van der Waals surface area (Å²) < 4.78 is 53.4. The van der Waals surface area contributed by atoms with E-state index < -0.39 is 17.7 Å². The second-order valence-corrected chi connectivity index (χ2v) is 5.17. The molecule has 2 rings (SSSR count). The van der Waals surface area contributed by atoms with E-state index in [4.69, 9.17) is 19.0 Å². The fraction of sp³-hybridized carbons (Fsp3) is 0.500. The number of ether oxygens (including phenoxy) is 3. The number of para-hydroxylation sites is 1. The molecule has 0 aromatic heterocycles. The summed E-state index contributed by atoms with van der Waals surface area (Å²) in [4.78, 5) is 19.4. The summed E-state index contributed by atoms with van der Waals surface area (Å²) in [6.07, 6.45) is -4.64. The van der Waals surface area contributed by atoms with E-state index in [0.717, 1.165) is 0 Å². The average Bonchev–Trinajstić information content (AvgIpc) is 2.62. The Balaban J connectivity index is 0.00000151. The molecule has 1 N–H and O–H groups in total. The summed E-state index contributed by atoms with van der Waals surface area (Å²) in [6, 6.07) is 4.85. The zero-order valence-electron chi connectivity index (χ0n) is 13.9. The molecule has 1 saturated heterocycles. The lowest BCUT2D eigenvalue weighted by atomic mass is 9.84. The quantitative estimate of drug-likeness (QED) is 0.827. The Bertz CT molecular complexity index is 586. The molecule has 0 saturated carbocycles. The van der Waals surface area contributed by atoms with E-state index in [-0.39, 0.29) is 18.6 Å². The molecular weight excluding hydrogens is 343 g/mol. The first-order chi connectivity index (χ1) is 11.8. The van der Waals surface area contributed by atoms with Crippen LogP contribution < -0.4 is 14.8 Å². The van der Waals surface area contributed by atoms with Crippen LogP contribution in [0, 0.1) is 0 Å². The van der Waals surface area contributed by atoms with Crippen LogP contribution in [0.3, 0.4) is 0 Å². The fourth-order valence-corrected chi connectivity index (χ4v) is 2.74. The molecule has 0 atom stereocenters. The maximum absolute atomic E-state index is 12.7. The summed E-state index contributed by atoms with van der Waals surface area (Å²) in [5.74, 6) is -1.57. The van der Waals surface area contributed by atoms with Crippen molar-refractivity contribution in [2.45, 2.75) is 24.6 Å². The van der Waals surface area contributed by atoms with Gasteiger partial charge in [0.15, 0.2) is 11.5 Å².